The van der Waals surface area contributed by atoms with E-state index < -0.39 is 6.10 Å². The highest BCUT2D eigenvalue weighted by Gasteiger charge is 2.34. The van der Waals surface area contributed by atoms with Gasteiger partial charge < -0.3 is 20.6 Å². The number of rotatable bonds is 5. The normalized spacial score (nSPS) is 28.3. The Labute approximate surface area is 135 Å². The van der Waals surface area contributed by atoms with Gasteiger partial charge in [-0.15, -0.1) is 24.2 Å². The van der Waals surface area contributed by atoms with Crippen molar-refractivity contribution in [3.05, 3.63) is 0 Å². The lowest BCUT2D eigenvalue weighted by molar-refractivity contribution is -0.138. The maximum absolute atomic E-state index is 12.2. The summed E-state index contributed by atoms with van der Waals surface area (Å²) >= 11 is 1.61. The van der Waals surface area contributed by atoms with E-state index in [0.717, 1.165) is 13.0 Å². The molecular weight excluding hydrogens is 314 g/mol. The summed E-state index contributed by atoms with van der Waals surface area (Å²) in [6, 6.07) is -0.356. The van der Waals surface area contributed by atoms with E-state index in [4.69, 9.17) is 0 Å². The lowest BCUT2D eigenvalue weighted by Crippen LogP contribution is -2.48. The standard InChI is InChI=1S/C13H23N3O3S.ClH/c1-2-3-12(18)16-8-20-7-10(16)13(19)15-5-9-4-14-6-11(9)17;/h9-11,14,17H,2-8H2,1H3,(H,15,19);1H. The van der Waals surface area contributed by atoms with Crippen LogP contribution >= 0.6 is 24.2 Å². The van der Waals surface area contributed by atoms with E-state index in [1.54, 1.807) is 16.7 Å². The Morgan fingerprint density at radius 2 is 2.19 bits per heavy atom. The highest BCUT2D eigenvalue weighted by atomic mass is 35.5. The van der Waals surface area contributed by atoms with Crippen molar-refractivity contribution in [3.8, 4) is 0 Å². The SMILES string of the molecule is CCCC(=O)N1CSCC1C(=O)NCC1CNCC1O.Cl. The predicted molar refractivity (Wildman–Crippen MR) is 85.5 cm³/mol. The van der Waals surface area contributed by atoms with Crippen molar-refractivity contribution < 1.29 is 14.7 Å². The first-order valence-corrected chi connectivity index (χ1v) is 8.32. The topological polar surface area (TPSA) is 81.7 Å². The van der Waals surface area contributed by atoms with Crippen LogP contribution in [0.3, 0.4) is 0 Å². The van der Waals surface area contributed by atoms with Crippen LogP contribution in [0.25, 0.3) is 0 Å². The van der Waals surface area contributed by atoms with Crippen LogP contribution in [0, 0.1) is 5.92 Å². The molecule has 0 bridgehead atoms. The summed E-state index contributed by atoms with van der Waals surface area (Å²) in [5, 5.41) is 15.7. The fourth-order valence-corrected chi connectivity index (χ4v) is 3.72. The molecular formula is C13H24ClN3O3S. The van der Waals surface area contributed by atoms with Gasteiger partial charge in [0.1, 0.15) is 6.04 Å². The van der Waals surface area contributed by atoms with Crippen molar-refractivity contribution in [1.29, 1.82) is 0 Å². The van der Waals surface area contributed by atoms with Gasteiger partial charge in [-0.05, 0) is 6.42 Å². The minimum atomic E-state index is -0.397. The molecule has 21 heavy (non-hydrogen) atoms. The second-order valence-corrected chi connectivity index (χ2v) is 6.36. The van der Waals surface area contributed by atoms with E-state index >= 15 is 0 Å². The van der Waals surface area contributed by atoms with E-state index in [1.165, 1.54) is 0 Å². The zero-order chi connectivity index (χ0) is 14.5. The summed E-state index contributed by atoms with van der Waals surface area (Å²) in [5.74, 6) is 1.28. The first kappa shape index (κ1) is 18.5. The van der Waals surface area contributed by atoms with E-state index in [0.29, 0.717) is 31.1 Å². The number of aliphatic hydroxyl groups excluding tert-OH is 1. The summed E-state index contributed by atoms with van der Waals surface area (Å²) in [7, 11) is 0. The fourth-order valence-electron chi connectivity index (χ4n) is 2.54. The van der Waals surface area contributed by atoms with Crippen LogP contribution in [0.15, 0.2) is 0 Å². The summed E-state index contributed by atoms with van der Waals surface area (Å²) in [5.41, 5.74) is 0. The lowest BCUT2D eigenvalue weighted by atomic mass is 10.1. The minimum Gasteiger partial charge on any atom is -0.391 e. The molecule has 0 aromatic rings. The molecule has 0 radical (unpaired) electrons. The smallest absolute Gasteiger partial charge is 0.243 e. The van der Waals surface area contributed by atoms with Gasteiger partial charge in [-0.25, -0.2) is 0 Å². The number of hydrogen-bond donors (Lipinski definition) is 3. The molecule has 6 nitrogen and oxygen atoms in total. The molecule has 3 N–H and O–H groups in total. The zero-order valence-electron chi connectivity index (χ0n) is 12.2. The van der Waals surface area contributed by atoms with E-state index in [9.17, 15) is 14.7 Å². The number of carbonyl (C=O) groups excluding carboxylic acids is 2. The maximum atomic E-state index is 12.2. The summed E-state index contributed by atoms with van der Waals surface area (Å²) < 4.78 is 0. The van der Waals surface area contributed by atoms with Crippen molar-refractivity contribution in [3.63, 3.8) is 0 Å². The van der Waals surface area contributed by atoms with Crippen LogP contribution in [0.2, 0.25) is 0 Å². The number of amides is 2. The van der Waals surface area contributed by atoms with Crippen molar-refractivity contribution in [2.45, 2.75) is 31.9 Å². The molecule has 2 saturated heterocycles. The van der Waals surface area contributed by atoms with Crippen LogP contribution in [-0.4, -0.2) is 65.2 Å². The van der Waals surface area contributed by atoms with E-state index in [-0.39, 0.29) is 36.2 Å². The number of aliphatic hydroxyl groups is 1. The second kappa shape index (κ2) is 8.82. The first-order chi connectivity index (χ1) is 9.63. The molecule has 0 spiro atoms. The van der Waals surface area contributed by atoms with Gasteiger partial charge in [0.2, 0.25) is 11.8 Å². The van der Waals surface area contributed by atoms with E-state index in [2.05, 4.69) is 10.6 Å². The number of nitrogens with one attached hydrogen (secondary N) is 2. The number of thioether (sulfide) groups is 1. The van der Waals surface area contributed by atoms with Gasteiger partial charge >= 0.3 is 0 Å². The molecule has 3 unspecified atom stereocenters. The molecule has 0 aliphatic carbocycles. The molecule has 2 aliphatic rings. The zero-order valence-corrected chi connectivity index (χ0v) is 13.8. The Morgan fingerprint density at radius 3 is 2.81 bits per heavy atom. The lowest BCUT2D eigenvalue weighted by Gasteiger charge is -2.24. The van der Waals surface area contributed by atoms with Crippen molar-refractivity contribution in [1.82, 2.24) is 15.5 Å². The summed E-state index contributed by atoms with van der Waals surface area (Å²) in [6.45, 7) is 3.73. The number of halogens is 1. The molecule has 8 heteroatoms. The van der Waals surface area contributed by atoms with Crippen molar-refractivity contribution in [2.24, 2.45) is 5.92 Å². The third-order valence-electron chi connectivity index (χ3n) is 3.81. The third-order valence-corrected chi connectivity index (χ3v) is 4.82. The highest BCUT2D eigenvalue weighted by molar-refractivity contribution is 7.99. The molecule has 0 saturated carbocycles. The molecule has 2 heterocycles. The molecule has 3 atom stereocenters. The Morgan fingerprint density at radius 1 is 1.43 bits per heavy atom. The van der Waals surface area contributed by atoms with Gasteiger partial charge in [-0.3, -0.25) is 9.59 Å². The second-order valence-electron chi connectivity index (χ2n) is 5.36. The molecule has 2 amide bonds. The van der Waals surface area contributed by atoms with Crippen LogP contribution < -0.4 is 10.6 Å². The maximum Gasteiger partial charge on any atom is 0.243 e. The highest BCUT2D eigenvalue weighted by Crippen LogP contribution is 2.22. The molecule has 0 aromatic carbocycles. The minimum absolute atomic E-state index is 0. The number of β-amino-alcohol motifs (C(OH)–C–C–N with tert-alkyl or cyclic N) is 1. The Hall–Kier alpha value is -0.500. The van der Waals surface area contributed by atoms with Crippen LogP contribution in [0.5, 0.6) is 0 Å². The fraction of sp³-hybridized carbons (Fsp3) is 0.846. The quantitative estimate of drug-likeness (QED) is 0.647. The van der Waals surface area contributed by atoms with Crippen LogP contribution in [-0.2, 0) is 9.59 Å². The van der Waals surface area contributed by atoms with Gasteiger partial charge in [0.05, 0.1) is 12.0 Å². The Kier molecular flexibility index (Phi) is 7.79. The molecule has 2 rings (SSSR count). The molecule has 0 aromatic heterocycles. The average molecular weight is 338 g/mol. The third kappa shape index (κ3) is 4.74. The van der Waals surface area contributed by atoms with Gasteiger partial charge in [0.15, 0.2) is 0 Å². The average Bonchev–Trinajstić information content (AvgIpc) is 3.05. The molecule has 2 aliphatic heterocycles. The van der Waals surface area contributed by atoms with Gasteiger partial charge in [0, 0.05) is 37.7 Å². The monoisotopic (exact) mass is 337 g/mol. The van der Waals surface area contributed by atoms with Gasteiger partial charge in [-0.1, -0.05) is 6.92 Å². The Bertz CT molecular complexity index is 373. The predicted octanol–water partition coefficient (Wildman–Crippen LogP) is -0.194. The van der Waals surface area contributed by atoms with Gasteiger partial charge in [0.25, 0.3) is 0 Å². The van der Waals surface area contributed by atoms with Crippen molar-refractivity contribution in [2.75, 3.05) is 31.3 Å². The first-order valence-electron chi connectivity index (χ1n) is 7.17. The van der Waals surface area contributed by atoms with Gasteiger partial charge in [-0.2, -0.15) is 0 Å². The van der Waals surface area contributed by atoms with E-state index in [1.807, 2.05) is 6.92 Å². The molecule has 122 valence electrons. The van der Waals surface area contributed by atoms with Crippen LogP contribution in [0.4, 0.5) is 0 Å². The summed E-state index contributed by atoms with van der Waals surface area (Å²) in [6.07, 6.45) is 0.898. The number of carbonyl (C=O) groups is 2. The Balaban J connectivity index is 0.00000220. The van der Waals surface area contributed by atoms with Crippen LogP contribution in [0.1, 0.15) is 19.8 Å². The largest absolute Gasteiger partial charge is 0.391 e. The van der Waals surface area contributed by atoms with Crippen molar-refractivity contribution >= 4 is 36.0 Å². The summed E-state index contributed by atoms with van der Waals surface area (Å²) in [4.78, 5) is 25.8. The number of nitrogens with zero attached hydrogens (tertiary/aromatic N) is 1. The number of hydrogen-bond acceptors (Lipinski definition) is 5. The molecule has 2 fully saturated rings.